The molecule has 1 saturated heterocycles. The fraction of sp³-hybridized carbons (Fsp3) is 0.393. The molecular weight excluding hydrogens is 574 g/mol. The van der Waals surface area contributed by atoms with Crippen molar-refractivity contribution in [3.8, 4) is 5.75 Å². The maximum atomic E-state index is 12.1. The summed E-state index contributed by atoms with van der Waals surface area (Å²) in [6.07, 6.45) is -7.19. The molecule has 0 bridgehead atoms. The highest BCUT2D eigenvalue weighted by Crippen LogP contribution is 2.31. The minimum absolute atomic E-state index is 0.0458. The Kier molecular flexibility index (Phi) is 11.6. The van der Waals surface area contributed by atoms with E-state index in [4.69, 9.17) is 33.2 Å². The van der Waals surface area contributed by atoms with Crippen molar-refractivity contribution in [2.24, 2.45) is 0 Å². The van der Waals surface area contributed by atoms with Gasteiger partial charge in [-0.15, -0.1) is 12.6 Å². The summed E-state index contributed by atoms with van der Waals surface area (Å²) in [7, 11) is 0. The highest BCUT2D eigenvalue weighted by molar-refractivity contribution is 7.80. The number of benzene rings is 2. The zero-order chi connectivity index (χ0) is 30.8. The van der Waals surface area contributed by atoms with Crippen LogP contribution in [0.25, 0.3) is 0 Å². The van der Waals surface area contributed by atoms with Gasteiger partial charge in [0.1, 0.15) is 25.1 Å². The average Bonchev–Trinajstić information content (AvgIpc) is 2.91. The normalized spacial score (nSPS) is 21.3. The Balaban J connectivity index is 1.75. The number of hydrogen-bond acceptors (Lipinski definition) is 13. The molecular formula is C28H31NO12S. The van der Waals surface area contributed by atoms with Crippen LogP contribution in [0.2, 0.25) is 0 Å². The molecule has 3 rings (SSSR count). The first kappa shape index (κ1) is 32.2. The van der Waals surface area contributed by atoms with Crippen molar-refractivity contribution in [2.75, 3.05) is 11.9 Å². The fourth-order valence-corrected chi connectivity index (χ4v) is 4.08. The third-order valence-electron chi connectivity index (χ3n) is 5.61. The second-order valence-corrected chi connectivity index (χ2v) is 9.59. The van der Waals surface area contributed by atoms with Gasteiger partial charge in [0.15, 0.2) is 12.2 Å². The van der Waals surface area contributed by atoms with Gasteiger partial charge in [0.05, 0.1) is 0 Å². The first-order valence-electron chi connectivity index (χ1n) is 12.7. The molecule has 1 amide bonds. The summed E-state index contributed by atoms with van der Waals surface area (Å²) in [6, 6.07) is 13.2. The molecule has 5 atom stereocenters. The lowest BCUT2D eigenvalue weighted by Crippen LogP contribution is -2.63. The van der Waals surface area contributed by atoms with E-state index in [1.54, 1.807) is 48.5 Å². The molecule has 2 unspecified atom stereocenters. The lowest BCUT2D eigenvalue weighted by Gasteiger charge is -2.43. The van der Waals surface area contributed by atoms with Gasteiger partial charge in [-0.25, -0.2) is 4.79 Å². The number of carbonyl (C=O) groups excluding carboxylic acids is 5. The fourth-order valence-electron chi connectivity index (χ4n) is 3.93. The van der Waals surface area contributed by atoms with Crippen LogP contribution in [0.5, 0.6) is 5.75 Å². The van der Waals surface area contributed by atoms with Crippen molar-refractivity contribution >= 4 is 48.3 Å². The van der Waals surface area contributed by atoms with Crippen LogP contribution in [0.4, 0.5) is 10.5 Å². The zero-order valence-corrected chi connectivity index (χ0v) is 24.2. The van der Waals surface area contributed by atoms with Gasteiger partial charge in [0.25, 0.3) is 0 Å². The molecule has 1 aliphatic heterocycles. The number of ether oxygens (including phenoxy) is 7. The number of hydrogen-bond donors (Lipinski definition) is 2. The summed E-state index contributed by atoms with van der Waals surface area (Å²) in [5.41, 5.74) is 1.18. The van der Waals surface area contributed by atoms with Gasteiger partial charge in [0.2, 0.25) is 12.4 Å². The standard InChI is InChI=1S/C28H31NO12S/c1-15(30)35-14-23-24(37-16(2)31)25(38-17(3)32)26(39-18(4)33)27(41-23)40-21-9-5-19(6-10-21)13-36-28(34)29-20-7-11-22(42)12-8-20/h5-12,23-27,42H,13-14H2,1-4H3,(H,29,34)/t23?,24-,25?,26+,27+/m0/s1. The molecule has 226 valence electrons. The van der Waals surface area contributed by atoms with Crippen molar-refractivity contribution < 1.29 is 57.1 Å². The van der Waals surface area contributed by atoms with Crippen LogP contribution in [-0.4, -0.2) is 67.3 Å². The summed E-state index contributed by atoms with van der Waals surface area (Å²) < 4.78 is 38.3. The third-order valence-corrected chi connectivity index (χ3v) is 5.91. The molecule has 13 nitrogen and oxygen atoms in total. The molecule has 0 spiro atoms. The van der Waals surface area contributed by atoms with Gasteiger partial charge < -0.3 is 33.2 Å². The lowest BCUT2D eigenvalue weighted by atomic mass is 9.98. The Morgan fingerprint density at radius 1 is 0.738 bits per heavy atom. The number of amides is 1. The smallest absolute Gasteiger partial charge is 0.411 e. The molecule has 1 aliphatic rings. The summed E-state index contributed by atoms with van der Waals surface area (Å²) in [5, 5.41) is 2.60. The van der Waals surface area contributed by atoms with Crippen molar-refractivity contribution in [2.45, 2.75) is 69.9 Å². The molecule has 1 fully saturated rings. The second-order valence-electron chi connectivity index (χ2n) is 9.08. The van der Waals surface area contributed by atoms with Crippen LogP contribution in [0.3, 0.4) is 0 Å². The Labute approximate surface area is 247 Å². The third kappa shape index (κ3) is 9.96. The number of rotatable bonds is 10. The van der Waals surface area contributed by atoms with Gasteiger partial charge >= 0.3 is 30.0 Å². The van der Waals surface area contributed by atoms with Crippen LogP contribution >= 0.6 is 12.6 Å². The van der Waals surface area contributed by atoms with Crippen LogP contribution < -0.4 is 10.1 Å². The molecule has 1 N–H and O–H groups in total. The molecule has 0 radical (unpaired) electrons. The van der Waals surface area contributed by atoms with E-state index >= 15 is 0 Å². The van der Waals surface area contributed by atoms with Gasteiger partial charge in [-0.3, -0.25) is 24.5 Å². The van der Waals surface area contributed by atoms with Crippen molar-refractivity contribution in [3.63, 3.8) is 0 Å². The van der Waals surface area contributed by atoms with Crippen LogP contribution in [0.1, 0.15) is 33.3 Å². The summed E-state index contributed by atoms with van der Waals surface area (Å²) in [5.74, 6) is -2.63. The van der Waals surface area contributed by atoms with E-state index < -0.39 is 60.7 Å². The number of thiol groups is 1. The summed E-state index contributed by atoms with van der Waals surface area (Å²) in [4.78, 5) is 60.1. The van der Waals surface area contributed by atoms with Crippen LogP contribution in [0.15, 0.2) is 53.4 Å². The topological polar surface area (TPSA) is 162 Å². The Hall–Kier alpha value is -4.30. The summed E-state index contributed by atoms with van der Waals surface area (Å²) in [6.45, 7) is 4.14. The van der Waals surface area contributed by atoms with E-state index in [2.05, 4.69) is 17.9 Å². The molecule has 2 aromatic carbocycles. The number of anilines is 1. The molecule has 42 heavy (non-hydrogen) atoms. The predicted octanol–water partition coefficient (Wildman–Crippen LogP) is 3.19. The largest absolute Gasteiger partial charge is 0.463 e. The van der Waals surface area contributed by atoms with Crippen LogP contribution in [-0.2, 0) is 54.2 Å². The molecule has 0 aromatic heterocycles. The molecule has 2 aromatic rings. The van der Waals surface area contributed by atoms with Gasteiger partial charge in [0, 0.05) is 38.3 Å². The number of nitrogens with one attached hydrogen (secondary N) is 1. The van der Waals surface area contributed by atoms with Crippen molar-refractivity contribution in [3.05, 3.63) is 54.1 Å². The average molecular weight is 606 g/mol. The minimum atomic E-state index is -1.37. The quantitative estimate of drug-likeness (QED) is 0.231. The first-order valence-corrected chi connectivity index (χ1v) is 13.1. The van der Waals surface area contributed by atoms with E-state index in [-0.39, 0.29) is 19.0 Å². The van der Waals surface area contributed by atoms with Crippen LogP contribution in [0, 0.1) is 0 Å². The Morgan fingerprint density at radius 2 is 1.31 bits per heavy atom. The molecule has 0 saturated carbocycles. The highest BCUT2D eigenvalue weighted by atomic mass is 32.1. The van der Waals surface area contributed by atoms with Crippen molar-refractivity contribution in [1.29, 1.82) is 0 Å². The van der Waals surface area contributed by atoms with E-state index in [1.165, 1.54) is 6.92 Å². The van der Waals surface area contributed by atoms with E-state index in [0.717, 1.165) is 25.7 Å². The van der Waals surface area contributed by atoms with E-state index in [9.17, 15) is 24.0 Å². The lowest BCUT2D eigenvalue weighted by molar-refractivity contribution is -0.288. The predicted molar refractivity (Wildman–Crippen MR) is 147 cm³/mol. The Morgan fingerprint density at radius 3 is 1.88 bits per heavy atom. The van der Waals surface area contributed by atoms with Crippen molar-refractivity contribution in [1.82, 2.24) is 0 Å². The van der Waals surface area contributed by atoms with Gasteiger partial charge in [-0.05, 0) is 42.0 Å². The summed E-state index contributed by atoms with van der Waals surface area (Å²) >= 11 is 4.20. The van der Waals surface area contributed by atoms with Gasteiger partial charge in [-0.2, -0.15) is 0 Å². The number of esters is 4. The molecule has 14 heteroatoms. The zero-order valence-electron chi connectivity index (χ0n) is 23.3. The monoisotopic (exact) mass is 605 g/mol. The second kappa shape index (κ2) is 15.1. The highest BCUT2D eigenvalue weighted by Gasteiger charge is 2.53. The first-order chi connectivity index (χ1) is 19.9. The molecule has 1 heterocycles. The maximum absolute atomic E-state index is 12.1. The molecule has 0 aliphatic carbocycles. The van der Waals surface area contributed by atoms with E-state index in [1.807, 2.05) is 0 Å². The maximum Gasteiger partial charge on any atom is 0.411 e. The van der Waals surface area contributed by atoms with Gasteiger partial charge in [-0.1, -0.05) is 12.1 Å². The minimum Gasteiger partial charge on any atom is -0.463 e. The van der Waals surface area contributed by atoms with E-state index in [0.29, 0.717) is 11.3 Å². The SMILES string of the molecule is CC(=O)OCC1O[C@@H](Oc2ccc(COC(=O)Nc3ccc(S)cc3)cc2)[C@H](OC(C)=O)C(OC(C)=O)[C@H]1OC(C)=O. The number of carbonyl (C=O) groups is 5. The Bertz CT molecular complexity index is 1270.